The summed E-state index contributed by atoms with van der Waals surface area (Å²) in [6.07, 6.45) is 0.434. The minimum atomic E-state index is -4.28. The molecular formula is C33H38F3N7O2S2. The number of anilines is 1. The monoisotopic (exact) mass is 685 g/mol. The van der Waals surface area contributed by atoms with E-state index in [0.29, 0.717) is 53.8 Å². The summed E-state index contributed by atoms with van der Waals surface area (Å²) in [6.45, 7) is 7.83. The highest BCUT2D eigenvalue weighted by molar-refractivity contribution is 8.00. The van der Waals surface area contributed by atoms with Crippen LogP contribution in [0.15, 0.2) is 42.6 Å². The van der Waals surface area contributed by atoms with Crippen LogP contribution in [-0.2, 0) is 29.2 Å². The van der Waals surface area contributed by atoms with Gasteiger partial charge in [-0.05, 0) is 62.1 Å². The Morgan fingerprint density at radius 2 is 1.87 bits per heavy atom. The fourth-order valence-electron chi connectivity index (χ4n) is 6.70. The van der Waals surface area contributed by atoms with Gasteiger partial charge >= 0.3 is 6.18 Å². The van der Waals surface area contributed by atoms with Gasteiger partial charge in [-0.15, -0.1) is 11.3 Å². The van der Waals surface area contributed by atoms with Crippen LogP contribution < -0.4 is 5.32 Å². The SMILES string of the molecule is C=CS(=C)(=O)N1CCC(CCn2c(C#N)cc3cc(CN4CCC(Nc5ncnc6sc(CC(F)(F)F)cc56)CC4)c(O)cc32)CC1. The molecule has 0 amide bonds. The van der Waals surface area contributed by atoms with Gasteiger partial charge < -0.3 is 15.0 Å². The number of nitrogens with one attached hydrogen (secondary N) is 1. The topological polar surface area (TPSA) is 110 Å². The van der Waals surface area contributed by atoms with Crippen LogP contribution >= 0.6 is 11.3 Å². The highest BCUT2D eigenvalue weighted by Gasteiger charge is 2.29. The molecule has 3 aromatic heterocycles. The number of aryl methyl sites for hydroxylation is 1. The zero-order valence-corrected chi connectivity index (χ0v) is 27.6. The Labute approximate surface area is 276 Å². The van der Waals surface area contributed by atoms with Crippen molar-refractivity contribution in [2.75, 3.05) is 31.5 Å². The molecule has 2 aliphatic heterocycles. The van der Waals surface area contributed by atoms with E-state index in [2.05, 4.69) is 38.7 Å². The van der Waals surface area contributed by atoms with E-state index in [0.717, 1.165) is 73.0 Å². The third-order valence-corrected chi connectivity index (χ3v) is 12.1. The number of nitriles is 1. The van der Waals surface area contributed by atoms with Gasteiger partial charge in [0.1, 0.15) is 34.5 Å². The molecule has 0 aliphatic carbocycles. The molecule has 2 fully saturated rings. The number of alkyl halides is 3. The van der Waals surface area contributed by atoms with Crippen LogP contribution in [0.4, 0.5) is 19.0 Å². The first-order chi connectivity index (χ1) is 22.4. The van der Waals surface area contributed by atoms with Gasteiger partial charge in [0.25, 0.3) is 0 Å². The maximum atomic E-state index is 12.9. The van der Waals surface area contributed by atoms with Crippen molar-refractivity contribution >= 4 is 53.9 Å². The summed E-state index contributed by atoms with van der Waals surface area (Å²) in [5.74, 6) is 5.00. The largest absolute Gasteiger partial charge is 0.508 e. The van der Waals surface area contributed by atoms with Crippen LogP contribution in [0.2, 0.25) is 0 Å². The van der Waals surface area contributed by atoms with Crippen molar-refractivity contribution in [1.29, 1.82) is 5.26 Å². The average molecular weight is 686 g/mol. The Morgan fingerprint density at radius 1 is 1.13 bits per heavy atom. The Morgan fingerprint density at radius 3 is 2.55 bits per heavy atom. The lowest BCUT2D eigenvalue weighted by atomic mass is 9.94. The summed E-state index contributed by atoms with van der Waals surface area (Å²) in [4.78, 5) is 11.5. The van der Waals surface area contributed by atoms with Gasteiger partial charge in [-0.3, -0.25) is 4.90 Å². The molecule has 0 spiro atoms. The molecule has 4 aromatic rings. The van der Waals surface area contributed by atoms with Gasteiger partial charge in [-0.2, -0.15) is 18.4 Å². The predicted molar refractivity (Wildman–Crippen MR) is 182 cm³/mol. The number of phenolic OH excluding ortho intramolecular Hbond substituents is 1. The van der Waals surface area contributed by atoms with Crippen LogP contribution in [0.25, 0.3) is 21.1 Å². The quantitative estimate of drug-likeness (QED) is 0.189. The second-order valence-electron chi connectivity index (χ2n) is 12.5. The lowest BCUT2D eigenvalue weighted by molar-refractivity contribution is -0.126. The molecule has 0 radical (unpaired) electrons. The number of thiophene rings is 1. The molecular weight excluding hydrogens is 648 g/mol. The van der Waals surface area contributed by atoms with Crippen molar-refractivity contribution in [3.05, 3.63) is 58.7 Å². The van der Waals surface area contributed by atoms with Crippen LogP contribution in [0.3, 0.4) is 0 Å². The number of likely N-dealkylation sites (tertiary alicyclic amines) is 1. The third-order valence-electron chi connectivity index (χ3n) is 9.33. The summed E-state index contributed by atoms with van der Waals surface area (Å²) >= 11 is 1.04. The van der Waals surface area contributed by atoms with E-state index in [-0.39, 0.29) is 16.7 Å². The average Bonchev–Trinajstić information content (AvgIpc) is 3.60. The Bertz CT molecular complexity index is 1910. The fourth-order valence-corrected chi connectivity index (χ4v) is 8.77. The van der Waals surface area contributed by atoms with Crippen LogP contribution in [0.5, 0.6) is 5.75 Å². The Kier molecular flexibility index (Phi) is 9.53. The van der Waals surface area contributed by atoms with E-state index in [1.807, 2.05) is 21.0 Å². The van der Waals surface area contributed by atoms with E-state index in [1.54, 1.807) is 6.07 Å². The van der Waals surface area contributed by atoms with Crippen molar-refractivity contribution in [3.63, 3.8) is 0 Å². The molecule has 2 aliphatic rings. The number of hydrogen-bond acceptors (Lipinski definition) is 8. The van der Waals surface area contributed by atoms with Crippen molar-refractivity contribution < 1.29 is 22.5 Å². The van der Waals surface area contributed by atoms with E-state index in [4.69, 9.17) is 0 Å². The standard InChI is InChI=1S/C33H38F3N7O2S2/c1-3-47(2,45)42-11-4-22(5-12-42)6-13-43-26(19-37)15-23-14-24(30(44)17-29(23)43)20-41-9-7-25(8-10-41)40-31-28-16-27(18-33(34,35)36)46-32(28)39-21-38-31/h3,14-17,21-22,25,44H,1-2,4-13,18,20H2,(H,38,39,40). The van der Waals surface area contributed by atoms with Gasteiger partial charge in [0.15, 0.2) is 0 Å². The van der Waals surface area contributed by atoms with Crippen LogP contribution in [0.1, 0.15) is 48.2 Å². The van der Waals surface area contributed by atoms with Crippen molar-refractivity contribution in [2.45, 2.75) is 63.8 Å². The van der Waals surface area contributed by atoms with Gasteiger partial charge in [0.2, 0.25) is 0 Å². The number of aromatic nitrogens is 3. The number of aromatic hydroxyl groups is 1. The number of fused-ring (bicyclic) bond motifs is 2. The van der Waals surface area contributed by atoms with E-state index in [9.17, 15) is 27.7 Å². The zero-order chi connectivity index (χ0) is 33.3. The molecule has 1 aromatic carbocycles. The third kappa shape index (κ3) is 7.59. The van der Waals surface area contributed by atoms with Gasteiger partial charge in [0.05, 0.1) is 17.3 Å². The Hall–Kier alpha value is -3.64. The summed E-state index contributed by atoms with van der Waals surface area (Å²) < 4.78 is 55.2. The smallest absolute Gasteiger partial charge is 0.393 e. The lowest BCUT2D eigenvalue weighted by Crippen LogP contribution is -2.38. The molecule has 9 nitrogen and oxygen atoms in total. The molecule has 250 valence electrons. The Balaban J connectivity index is 1.06. The molecule has 1 unspecified atom stereocenters. The maximum absolute atomic E-state index is 12.9. The number of nitrogens with zero attached hydrogens (tertiary/aromatic N) is 6. The molecule has 47 heavy (non-hydrogen) atoms. The number of rotatable bonds is 10. The van der Waals surface area contributed by atoms with Gasteiger partial charge in [0, 0.05) is 82.3 Å². The first kappa shape index (κ1) is 33.3. The first-order valence-corrected chi connectivity index (χ1v) is 18.3. The van der Waals surface area contributed by atoms with Crippen molar-refractivity contribution in [3.8, 4) is 11.8 Å². The maximum Gasteiger partial charge on any atom is 0.393 e. The number of hydrogen-bond donors (Lipinski definition) is 2. The van der Waals surface area contributed by atoms with Crippen LogP contribution in [-0.4, -0.2) is 77.3 Å². The number of phenols is 1. The highest BCUT2D eigenvalue weighted by Crippen LogP contribution is 2.34. The molecule has 2 saturated heterocycles. The second-order valence-corrected chi connectivity index (χ2v) is 15.8. The summed E-state index contributed by atoms with van der Waals surface area (Å²) in [5.41, 5.74) is 2.19. The second kappa shape index (κ2) is 13.5. The van der Waals surface area contributed by atoms with Crippen molar-refractivity contribution in [1.82, 2.24) is 23.7 Å². The van der Waals surface area contributed by atoms with Gasteiger partial charge in [-0.25, -0.2) is 18.5 Å². The van der Waals surface area contributed by atoms with Gasteiger partial charge in [-0.1, -0.05) is 6.58 Å². The summed E-state index contributed by atoms with van der Waals surface area (Å²) in [5, 5.41) is 27.3. The van der Waals surface area contributed by atoms with Crippen molar-refractivity contribution in [2.24, 2.45) is 5.92 Å². The van der Waals surface area contributed by atoms with E-state index < -0.39 is 22.3 Å². The number of benzene rings is 1. The molecule has 0 saturated carbocycles. The fraction of sp³-hybridized carbons (Fsp3) is 0.455. The number of halogens is 3. The normalized spacial score (nSPS) is 18.8. The highest BCUT2D eigenvalue weighted by atomic mass is 32.2. The summed E-state index contributed by atoms with van der Waals surface area (Å²) in [7, 11) is -2.41. The van der Waals surface area contributed by atoms with E-state index >= 15 is 0 Å². The minimum Gasteiger partial charge on any atom is -0.508 e. The molecule has 5 heterocycles. The summed E-state index contributed by atoms with van der Waals surface area (Å²) in [6, 6.07) is 9.57. The first-order valence-electron chi connectivity index (χ1n) is 15.7. The molecule has 1 atom stereocenters. The van der Waals surface area contributed by atoms with Crippen LogP contribution in [0, 0.1) is 17.2 Å². The number of piperidine rings is 2. The zero-order valence-electron chi connectivity index (χ0n) is 26.0. The molecule has 2 N–H and O–H groups in total. The molecule has 6 rings (SSSR count). The minimum absolute atomic E-state index is 0.107. The molecule has 0 bridgehead atoms. The lowest BCUT2D eigenvalue weighted by Gasteiger charge is -2.33. The van der Waals surface area contributed by atoms with E-state index in [1.165, 1.54) is 17.8 Å². The predicted octanol–water partition coefficient (Wildman–Crippen LogP) is 6.28. The molecule has 14 heteroatoms.